The van der Waals surface area contributed by atoms with E-state index in [1.165, 1.54) is 18.2 Å². The number of carbonyl (C=O) groups is 1. The van der Waals surface area contributed by atoms with E-state index >= 15 is 0 Å². The zero-order valence-electron chi connectivity index (χ0n) is 14.6. The minimum Gasteiger partial charge on any atom is -0.462 e. The Kier molecular flexibility index (Phi) is 5.48. The number of hydrogen-bond acceptors (Lipinski definition) is 5. The Bertz CT molecular complexity index is 947. The van der Waals surface area contributed by atoms with Gasteiger partial charge in [-0.15, -0.1) is 0 Å². The number of rotatable bonds is 4. The van der Waals surface area contributed by atoms with Gasteiger partial charge in [0.25, 0.3) is 0 Å². The van der Waals surface area contributed by atoms with E-state index in [4.69, 9.17) is 27.9 Å². The van der Waals surface area contributed by atoms with Gasteiger partial charge < -0.3 is 10.1 Å². The molecule has 1 aliphatic heterocycles. The van der Waals surface area contributed by atoms with Gasteiger partial charge in [-0.25, -0.2) is 14.2 Å². The average molecular weight is 408 g/mol. The van der Waals surface area contributed by atoms with E-state index in [1.807, 2.05) is 0 Å². The van der Waals surface area contributed by atoms with Crippen molar-refractivity contribution < 1.29 is 13.9 Å². The van der Waals surface area contributed by atoms with Crippen molar-refractivity contribution in [2.75, 3.05) is 6.61 Å². The maximum absolute atomic E-state index is 13.7. The van der Waals surface area contributed by atoms with Crippen LogP contribution >= 0.6 is 23.2 Å². The molecule has 5 nitrogen and oxygen atoms in total. The molecule has 3 rings (SSSR count). The summed E-state index contributed by atoms with van der Waals surface area (Å²) in [5.74, 6) is -0.821. The molecule has 27 heavy (non-hydrogen) atoms. The summed E-state index contributed by atoms with van der Waals surface area (Å²) in [6.07, 6.45) is 1.62. The smallest absolute Gasteiger partial charge is 0.339 e. The van der Waals surface area contributed by atoms with E-state index < -0.39 is 17.3 Å². The second-order valence-electron chi connectivity index (χ2n) is 5.91. The van der Waals surface area contributed by atoms with E-state index in [2.05, 4.69) is 15.3 Å². The van der Waals surface area contributed by atoms with Crippen LogP contribution in [0, 0.1) is 5.82 Å². The number of aromatic nitrogens is 1. The largest absolute Gasteiger partial charge is 0.462 e. The third-order valence-corrected chi connectivity index (χ3v) is 4.71. The molecule has 0 aliphatic carbocycles. The number of carbonyl (C=O) groups excluding carboxylic acids is 1. The van der Waals surface area contributed by atoms with Gasteiger partial charge in [-0.1, -0.05) is 35.3 Å². The number of hydrogen-bond donors (Lipinski definition) is 1. The SMILES string of the molecule is CCOC(=O)C1=C(Cl)NC(c2ccccn2)=NC1(C)c1ccc(F)c(Cl)c1. The van der Waals surface area contributed by atoms with Gasteiger partial charge in [0.15, 0.2) is 5.84 Å². The molecule has 1 unspecified atom stereocenters. The van der Waals surface area contributed by atoms with Gasteiger partial charge in [0.05, 0.1) is 11.6 Å². The zero-order chi connectivity index (χ0) is 19.6. The molecule has 1 aliphatic rings. The number of amidine groups is 1. The molecule has 0 radical (unpaired) electrons. The highest BCUT2D eigenvalue weighted by Gasteiger charge is 2.42. The Balaban J connectivity index is 2.20. The van der Waals surface area contributed by atoms with Crippen LogP contribution in [0.5, 0.6) is 0 Å². The van der Waals surface area contributed by atoms with Crippen molar-refractivity contribution in [3.05, 3.63) is 75.4 Å². The summed E-state index contributed by atoms with van der Waals surface area (Å²) in [6, 6.07) is 9.48. The van der Waals surface area contributed by atoms with Gasteiger partial charge >= 0.3 is 5.97 Å². The molecule has 1 aromatic heterocycles. The minimum absolute atomic E-state index is 0.0621. The van der Waals surface area contributed by atoms with E-state index in [9.17, 15) is 9.18 Å². The van der Waals surface area contributed by atoms with E-state index in [1.54, 1.807) is 38.2 Å². The van der Waals surface area contributed by atoms with Gasteiger partial charge in [0.1, 0.15) is 27.8 Å². The molecule has 0 saturated heterocycles. The normalized spacial score (nSPS) is 19.4. The van der Waals surface area contributed by atoms with E-state index in [0.29, 0.717) is 17.1 Å². The molecule has 2 heterocycles. The molecule has 140 valence electrons. The number of esters is 1. The van der Waals surface area contributed by atoms with Crippen LogP contribution in [0.1, 0.15) is 25.1 Å². The predicted octanol–water partition coefficient (Wildman–Crippen LogP) is 4.15. The summed E-state index contributed by atoms with van der Waals surface area (Å²) in [6.45, 7) is 3.55. The Morgan fingerprint density at radius 1 is 1.30 bits per heavy atom. The summed E-state index contributed by atoms with van der Waals surface area (Å²) < 4.78 is 18.8. The Hall–Kier alpha value is -2.44. The van der Waals surface area contributed by atoms with Crippen LogP contribution in [0.15, 0.2) is 58.3 Å². The molecule has 0 saturated carbocycles. The summed E-state index contributed by atoms with van der Waals surface area (Å²) in [5, 5.41) is 2.88. The molecule has 1 atom stereocenters. The van der Waals surface area contributed by atoms with Crippen LogP contribution in [-0.2, 0) is 15.1 Å². The predicted molar refractivity (Wildman–Crippen MR) is 102 cm³/mol. The summed E-state index contributed by atoms with van der Waals surface area (Å²) in [7, 11) is 0. The van der Waals surface area contributed by atoms with Crippen molar-refractivity contribution in [1.29, 1.82) is 0 Å². The first-order chi connectivity index (χ1) is 12.9. The van der Waals surface area contributed by atoms with Crippen LogP contribution in [0.4, 0.5) is 4.39 Å². The van der Waals surface area contributed by atoms with Crippen LogP contribution in [0.2, 0.25) is 5.02 Å². The minimum atomic E-state index is -1.25. The molecule has 0 fully saturated rings. The lowest BCUT2D eigenvalue weighted by molar-refractivity contribution is -0.139. The lowest BCUT2D eigenvalue weighted by Crippen LogP contribution is -2.40. The number of benzene rings is 1. The van der Waals surface area contributed by atoms with Gasteiger partial charge in [0, 0.05) is 6.20 Å². The van der Waals surface area contributed by atoms with E-state index in [-0.39, 0.29) is 22.4 Å². The Labute approximate surface area is 165 Å². The average Bonchev–Trinajstić information content (AvgIpc) is 2.64. The van der Waals surface area contributed by atoms with Gasteiger partial charge in [-0.2, -0.15) is 0 Å². The third-order valence-electron chi connectivity index (χ3n) is 4.14. The van der Waals surface area contributed by atoms with Gasteiger partial charge in [0.2, 0.25) is 0 Å². The van der Waals surface area contributed by atoms with Gasteiger partial charge in [-0.3, -0.25) is 4.98 Å². The van der Waals surface area contributed by atoms with Crippen molar-refractivity contribution in [2.45, 2.75) is 19.4 Å². The summed E-state index contributed by atoms with van der Waals surface area (Å²) in [4.78, 5) is 21.5. The van der Waals surface area contributed by atoms with Crippen LogP contribution < -0.4 is 5.32 Å². The third kappa shape index (κ3) is 3.68. The number of halogens is 3. The topological polar surface area (TPSA) is 63.6 Å². The molecule has 1 N–H and O–H groups in total. The fraction of sp³-hybridized carbons (Fsp3) is 0.211. The molecule has 2 aromatic rings. The first-order valence-electron chi connectivity index (χ1n) is 8.18. The lowest BCUT2D eigenvalue weighted by Gasteiger charge is -2.33. The number of aliphatic imine (C=N–C) groups is 1. The first kappa shape index (κ1) is 19.3. The highest BCUT2D eigenvalue weighted by Crippen LogP contribution is 2.40. The fourth-order valence-corrected chi connectivity index (χ4v) is 3.34. The summed E-state index contributed by atoms with van der Waals surface area (Å²) in [5.41, 5.74) is -0.116. The maximum Gasteiger partial charge on any atom is 0.339 e. The number of pyridine rings is 1. The molecule has 0 bridgehead atoms. The molecule has 1 aromatic carbocycles. The van der Waals surface area contributed by atoms with E-state index in [0.717, 1.165) is 0 Å². The highest BCUT2D eigenvalue weighted by molar-refractivity contribution is 6.33. The summed E-state index contributed by atoms with van der Waals surface area (Å²) >= 11 is 12.4. The molecular weight excluding hydrogens is 392 g/mol. The fourth-order valence-electron chi connectivity index (χ4n) is 2.81. The Morgan fingerprint density at radius 3 is 2.70 bits per heavy atom. The first-order valence-corrected chi connectivity index (χ1v) is 8.93. The van der Waals surface area contributed by atoms with Crippen molar-refractivity contribution in [3.63, 3.8) is 0 Å². The molecular formula is C19H16Cl2FN3O2. The van der Waals surface area contributed by atoms with Crippen molar-refractivity contribution in [1.82, 2.24) is 10.3 Å². The highest BCUT2D eigenvalue weighted by atomic mass is 35.5. The molecule has 0 amide bonds. The second-order valence-corrected chi connectivity index (χ2v) is 6.70. The lowest BCUT2D eigenvalue weighted by atomic mass is 9.84. The zero-order valence-corrected chi connectivity index (χ0v) is 16.1. The molecule has 0 spiro atoms. The number of nitrogens with one attached hydrogen (secondary N) is 1. The van der Waals surface area contributed by atoms with Crippen LogP contribution in [0.25, 0.3) is 0 Å². The number of ether oxygens (including phenoxy) is 1. The molecule has 8 heteroatoms. The monoisotopic (exact) mass is 407 g/mol. The van der Waals surface area contributed by atoms with Crippen LogP contribution in [0.3, 0.4) is 0 Å². The van der Waals surface area contributed by atoms with Crippen molar-refractivity contribution in [3.8, 4) is 0 Å². The van der Waals surface area contributed by atoms with Crippen LogP contribution in [-0.4, -0.2) is 23.4 Å². The van der Waals surface area contributed by atoms with Crippen molar-refractivity contribution in [2.24, 2.45) is 4.99 Å². The Morgan fingerprint density at radius 2 is 2.07 bits per heavy atom. The number of nitrogens with zero attached hydrogens (tertiary/aromatic N) is 2. The standard InChI is InChI=1S/C19H16Cl2FN3O2/c1-3-27-18(26)15-16(21)24-17(14-6-4-5-9-23-14)25-19(15,2)11-7-8-13(22)12(20)10-11/h4-10H,3H2,1-2H3,(H,24,25). The maximum atomic E-state index is 13.7. The quantitative estimate of drug-likeness (QED) is 0.610. The second kappa shape index (κ2) is 7.66. The van der Waals surface area contributed by atoms with Crippen molar-refractivity contribution >= 4 is 35.0 Å². The van der Waals surface area contributed by atoms with Gasteiger partial charge in [-0.05, 0) is 43.7 Å².